The van der Waals surface area contributed by atoms with E-state index in [1.165, 1.54) is 24.3 Å². The van der Waals surface area contributed by atoms with E-state index >= 15 is 0 Å². The molecule has 0 bridgehead atoms. The van der Waals surface area contributed by atoms with Crippen molar-refractivity contribution in [2.45, 2.75) is 20.0 Å². The Kier molecular flexibility index (Phi) is 8.17. The molecule has 0 aromatic heterocycles. The number of hydrogen-bond donors (Lipinski definition) is 1. The first-order valence-electron chi connectivity index (χ1n) is 11.9. The fourth-order valence-corrected chi connectivity index (χ4v) is 4.14. The topological polar surface area (TPSA) is 116 Å². The standard InChI is InChI=1S/C30H23ClN2O6/c1-18-12-13-19(2)25(16-18)32-29(35)28(20-8-4-3-5-9-20)39-30(36)23-11-7-6-10-22(23)27(34)21-14-15-24(31)26(17-21)33(37)38/h3-17,28H,1-2H3,(H,32,35)/t28-/m1/s1. The Balaban J connectivity index is 1.66. The third-order valence-corrected chi connectivity index (χ3v) is 6.33. The fourth-order valence-electron chi connectivity index (χ4n) is 3.95. The highest BCUT2D eigenvalue weighted by Gasteiger charge is 2.29. The molecule has 0 aliphatic heterocycles. The zero-order valence-electron chi connectivity index (χ0n) is 21.0. The van der Waals surface area contributed by atoms with Crippen molar-refractivity contribution < 1.29 is 24.0 Å². The van der Waals surface area contributed by atoms with E-state index in [-0.39, 0.29) is 21.7 Å². The van der Waals surface area contributed by atoms with E-state index in [2.05, 4.69) is 5.32 Å². The number of anilines is 1. The van der Waals surface area contributed by atoms with Crippen molar-refractivity contribution in [1.29, 1.82) is 0 Å². The number of carbonyl (C=O) groups is 3. The number of nitro groups is 1. The average molecular weight is 543 g/mol. The summed E-state index contributed by atoms with van der Waals surface area (Å²) < 4.78 is 5.70. The van der Waals surface area contributed by atoms with Crippen molar-refractivity contribution in [2.75, 3.05) is 5.32 Å². The molecule has 0 heterocycles. The molecule has 1 atom stereocenters. The molecule has 39 heavy (non-hydrogen) atoms. The van der Waals surface area contributed by atoms with Crippen LogP contribution >= 0.6 is 11.6 Å². The van der Waals surface area contributed by atoms with Crippen LogP contribution in [0, 0.1) is 24.0 Å². The molecule has 4 aromatic rings. The second kappa shape index (κ2) is 11.7. The van der Waals surface area contributed by atoms with Gasteiger partial charge >= 0.3 is 5.97 Å². The van der Waals surface area contributed by atoms with Gasteiger partial charge in [0.1, 0.15) is 5.02 Å². The maximum atomic E-state index is 13.4. The zero-order chi connectivity index (χ0) is 28.1. The summed E-state index contributed by atoms with van der Waals surface area (Å²) in [7, 11) is 0. The van der Waals surface area contributed by atoms with Crippen molar-refractivity contribution in [2.24, 2.45) is 0 Å². The van der Waals surface area contributed by atoms with Crippen molar-refractivity contribution >= 4 is 40.6 Å². The van der Waals surface area contributed by atoms with Gasteiger partial charge in [0, 0.05) is 28.4 Å². The molecule has 4 rings (SSSR count). The van der Waals surface area contributed by atoms with Crippen LogP contribution in [-0.2, 0) is 9.53 Å². The molecule has 0 aliphatic rings. The molecule has 8 nitrogen and oxygen atoms in total. The molecule has 0 aliphatic carbocycles. The lowest BCUT2D eigenvalue weighted by Crippen LogP contribution is -2.27. The number of hydrogen-bond acceptors (Lipinski definition) is 6. The lowest BCUT2D eigenvalue weighted by Gasteiger charge is -2.20. The Bertz CT molecular complexity index is 1590. The van der Waals surface area contributed by atoms with E-state index in [0.717, 1.165) is 17.2 Å². The largest absolute Gasteiger partial charge is 0.444 e. The van der Waals surface area contributed by atoms with Crippen molar-refractivity contribution in [3.63, 3.8) is 0 Å². The summed E-state index contributed by atoms with van der Waals surface area (Å²) in [6.07, 6.45) is -1.32. The van der Waals surface area contributed by atoms with Gasteiger partial charge in [0.15, 0.2) is 5.78 Å². The molecule has 9 heteroatoms. The molecule has 1 amide bonds. The molecular weight excluding hydrogens is 520 g/mol. The minimum Gasteiger partial charge on any atom is -0.444 e. The predicted molar refractivity (Wildman–Crippen MR) is 147 cm³/mol. The molecule has 0 fully saturated rings. The number of halogens is 1. The van der Waals surface area contributed by atoms with Gasteiger partial charge in [-0.3, -0.25) is 19.7 Å². The van der Waals surface area contributed by atoms with Crippen LogP contribution in [0.3, 0.4) is 0 Å². The summed E-state index contributed by atoms with van der Waals surface area (Å²) >= 11 is 5.88. The fraction of sp³-hybridized carbons (Fsp3) is 0.100. The van der Waals surface area contributed by atoms with Crippen LogP contribution in [0.2, 0.25) is 5.02 Å². The molecule has 0 spiro atoms. The minimum absolute atomic E-state index is 0.0291. The Labute approximate surface area is 229 Å². The Hall–Kier alpha value is -4.82. The summed E-state index contributed by atoms with van der Waals surface area (Å²) in [6, 6.07) is 23.7. The number of amides is 1. The second-order valence-electron chi connectivity index (χ2n) is 8.80. The van der Waals surface area contributed by atoms with Gasteiger partial charge in [-0.25, -0.2) is 4.79 Å². The first-order valence-corrected chi connectivity index (χ1v) is 12.2. The summed E-state index contributed by atoms with van der Waals surface area (Å²) in [6.45, 7) is 3.74. The molecule has 0 unspecified atom stereocenters. The number of ether oxygens (including phenoxy) is 1. The first kappa shape index (κ1) is 27.2. The van der Waals surface area contributed by atoms with E-state index in [9.17, 15) is 24.5 Å². The molecule has 1 N–H and O–H groups in total. The Morgan fingerprint density at radius 3 is 2.23 bits per heavy atom. The number of nitrogens with one attached hydrogen (secondary N) is 1. The van der Waals surface area contributed by atoms with Crippen molar-refractivity contribution in [3.05, 3.63) is 140 Å². The molecule has 0 saturated heterocycles. The van der Waals surface area contributed by atoms with Crippen LogP contribution in [0.25, 0.3) is 0 Å². The normalized spacial score (nSPS) is 11.4. The van der Waals surface area contributed by atoms with E-state index in [4.69, 9.17) is 16.3 Å². The van der Waals surface area contributed by atoms with Gasteiger partial charge in [-0.1, -0.05) is 72.3 Å². The molecule has 4 aromatic carbocycles. The SMILES string of the molecule is Cc1ccc(C)c(NC(=O)[C@H](OC(=O)c2ccccc2C(=O)c2ccc(Cl)c([N+](=O)[O-])c2)c2ccccc2)c1. The number of esters is 1. The number of benzene rings is 4. The predicted octanol–water partition coefficient (Wildman–Crippen LogP) is 6.63. The maximum absolute atomic E-state index is 13.4. The highest BCUT2D eigenvalue weighted by atomic mass is 35.5. The van der Waals surface area contributed by atoms with Gasteiger partial charge in [-0.05, 0) is 49.2 Å². The molecule has 0 saturated carbocycles. The Morgan fingerprint density at radius 1 is 0.872 bits per heavy atom. The van der Waals surface area contributed by atoms with E-state index < -0.39 is 34.4 Å². The highest BCUT2D eigenvalue weighted by Crippen LogP contribution is 2.28. The van der Waals surface area contributed by atoms with E-state index in [0.29, 0.717) is 11.3 Å². The summed E-state index contributed by atoms with van der Waals surface area (Å²) in [5.74, 6) is -2.12. The van der Waals surface area contributed by atoms with Gasteiger partial charge < -0.3 is 10.1 Å². The lowest BCUT2D eigenvalue weighted by atomic mass is 9.98. The monoisotopic (exact) mass is 542 g/mol. The van der Waals surface area contributed by atoms with E-state index in [1.807, 2.05) is 32.0 Å². The van der Waals surface area contributed by atoms with Gasteiger partial charge in [0.25, 0.3) is 11.6 Å². The number of nitrogens with zero attached hydrogens (tertiary/aromatic N) is 1. The van der Waals surface area contributed by atoms with Crippen LogP contribution < -0.4 is 5.32 Å². The summed E-state index contributed by atoms with van der Waals surface area (Å²) in [4.78, 5) is 50.7. The molecular formula is C30H23ClN2O6. The maximum Gasteiger partial charge on any atom is 0.340 e. The third kappa shape index (κ3) is 6.19. The summed E-state index contributed by atoms with van der Waals surface area (Å²) in [5.41, 5.74) is 2.19. The number of carbonyl (C=O) groups excluding carboxylic acids is 3. The van der Waals surface area contributed by atoms with Crippen LogP contribution in [-0.4, -0.2) is 22.6 Å². The van der Waals surface area contributed by atoms with Crippen LogP contribution in [0.4, 0.5) is 11.4 Å². The van der Waals surface area contributed by atoms with Crippen molar-refractivity contribution in [3.8, 4) is 0 Å². The number of aryl methyl sites for hydroxylation is 2. The first-order chi connectivity index (χ1) is 18.7. The van der Waals surface area contributed by atoms with Crippen LogP contribution in [0.15, 0.2) is 91.0 Å². The number of rotatable bonds is 8. The van der Waals surface area contributed by atoms with E-state index in [1.54, 1.807) is 42.5 Å². The van der Waals surface area contributed by atoms with Crippen LogP contribution in [0.5, 0.6) is 0 Å². The van der Waals surface area contributed by atoms with Gasteiger partial charge in [-0.15, -0.1) is 0 Å². The van der Waals surface area contributed by atoms with Crippen molar-refractivity contribution in [1.82, 2.24) is 0 Å². The lowest BCUT2D eigenvalue weighted by molar-refractivity contribution is -0.384. The third-order valence-electron chi connectivity index (χ3n) is 6.01. The average Bonchev–Trinajstić information content (AvgIpc) is 2.93. The zero-order valence-corrected chi connectivity index (χ0v) is 21.8. The number of nitro benzene ring substituents is 1. The Morgan fingerprint density at radius 2 is 1.54 bits per heavy atom. The van der Waals surface area contributed by atoms with Gasteiger partial charge in [0.2, 0.25) is 6.10 Å². The minimum atomic E-state index is -1.32. The van der Waals surface area contributed by atoms with Gasteiger partial charge in [-0.2, -0.15) is 0 Å². The quantitative estimate of drug-likeness (QED) is 0.116. The summed E-state index contributed by atoms with van der Waals surface area (Å²) in [5, 5.41) is 14.0. The molecule has 0 radical (unpaired) electrons. The highest BCUT2D eigenvalue weighted by molar-refractivity contribution is 6.33. The second-order valence-corrected chi connectivity index (χ2v) is 9.21. The smallest absolute Gasteiger partial charge is 0.340 e. The number of ketones is 1. The van der Waals surface area contributed by atoms with Crippen LogP contribution in [0.1, 0.15) is 49.1 Å². The molecule has 196 valence electrons. The van der Waals surface area contributed by atoms with Gasteiger partial charge in [0.05, 0.1) is 10.5 Å².